The molecule has 0 spiro atoms. The molecule has 1 unspecified atom stereocenters. The summed E-state index contributed by atoms with van der Waals surface area (Å²) in [4.78, 5) is 11.2. The van der Waals surface area contributed by atoms with E-state index in [-0.39, 0.29) is 4.88 Å². The van der Waals surface area contributed by atoms with Crippen molar-refractivity contribution >= 4 is 23.0 Å². The normalized spacial score (nSPS) is 12.2. The van der Waals surface area contributed by atoms with E-state index in [4.69, 9.17) is 5.11 Å². The fourth-order valence-electron chi connectivity index (χ4n) is 1.59. The maximum absolute atomic E-state index is 13.5. The smallest absolute Gasteiger partial charge is 0.331 e. The zero-order valence-corrected chi connectivity index (χ0v) is 10.8. The Bertz CT molecular complexity index is 660. The van der Waals surface area contributed by atoms with Gasteiger partial charge in [-0.05, 0) is 11.4 Å². The second kappa shape index (κ2) is 5.68. The molecular weight excluding hydrogens is 317 g/mol. The molecule has 0 fully saturated rings. The minimum absolute atomic E-state index is 0.145. The van der Waals surface area contributed by atoms with Gasteiger partial charge in [0.2, 0.25) is 5.82 Å². The van der Waals surface area contributed by atoms with Gasteiger partial charge < -0.3 is 10.4 Å². The van der Waals surface area contributed by atoms with Gasteiger partial charge in [-0.3, -0.25) is 0 Å². The lowest BCUT2D eigenvalue weighted by Crippen LogP contribution is -2.22. The third-order valence-electron chi connectivity index (χ3n) is 2.57. The summed E-state index contributed by atoms with van der Waals surface area (Å²) in [5.74, 6) is -12.4. The maximum atomic E-state index is 13.5. The molecule has 3 nitrogen and oxygen atoms in total. The van der Waals surface area contributed by atoms with Gasteiger partial charge in [-0.1, -0.05) is 6.07 Å². The number of aliphatic carboxylic acids is 1. The Hall–Kier alpha value is -2.16. The summed E-state index contributed by atoms with van der Waals surface area (Å²) in [7, 11) is 0. The first-order valence-electron chi connectivity index (χ1n) is 5.38. The largest absolute Gasteiger partial charge is 0.479 e. The minimum Gasteiger partial charge on any atom is -0.479 e. The number of benzene rings is 1. The van der Waals surface area contributed by atoms with Crippen molar-refractivity contribution in [2.24, 2.45) is 0 Å². The number of thiophene rings is 1. The van der Waals surface area contributed by atoms with Crippen LogP contribution in [-0.2, 0) is 4.79 Å². The number of hydrogen-bond acceptors (Lipinski definition) is 3. The number of carboxylic acids is 1. The molecule has 1 heterocycles. The number of carboxylic acid groups (broad SMARTS) is 1. The third-order valence-corrected chi connectivity index (χ3v) is 3.51. The molecule has 0 aliphatic carbocycles. The topological polar surface area (TPSA) is 49.3 Å². The van der Waals surface area contributed by atoms with E-state index in [1.807, 2.05) is 5.32 Å². The zero-order valence-electron chi connectivity index (χ0n) is 9.96. The molecule has 2 aromatic rings. The van der Waals surface area contributed by atoms with E-state index in [0.717, 1.165) is 11.3 Å². The average molecular weight is 323 g/mol. The molecule has 1 aromatic carbocycles. The van der Waals surface area contributed by atoms with Crippen LogP contribution in [0.4, 0.5) is 27.6 Å². The second-order valence-electron chi connectivity index (χ2n) is 3.88. The van der Waals surface area contributed by atoms with Crippen LogP contribution >= 0.6 is 11.3 Å². The van der Waals surface area contributed by atoms with Crippen LogP contribution in [0.3, 0.4) is 0 Å². The zero-order chi connectivity index (χ0) is 15.7. The van der Waals surface area contributed by atoms with Gasteiger partial charge >= 0.3 is 5.97 Å². The van der Waals surface area contributed by atoms with Gasteiger partial charge in [0.1, 0.15) is 5.69 Å². The summed E-state index contributed by atoms with van der Waals surface area (Å²) < 4.78 is 66.0. The van der Waals surface area contributed by atoms with Crippen LogP contribution in [0.2, 0.25) is 0 Å². The van der Waals surface area contributed by atoms with E-state index in [0.29, 0.717) is 0 Å². The molecule has 2 N–H and O–H groups in total. The van der Waals surface area contributed by atoms with Crippen LogP contribution in [0.1, 0.15) is 10.9 Å². The summed E-state index contributed by atoms with van der Waals surface area (Å²) in [6.45, 7) is 0. The van der Waals surface area contributed by atoms with Crippen LogP contribution in [0, 0.1) is 29.1 Å². The molecule has 1 aromatic heterocycles. The van der Waals surface area contributed by atoms with Crippen LogP contribution in [0.5, 0.6) is 0 Å². The fraction of sp³-hybridized carbons (Fsp3) is 0.0833. The van der Waals surface area contributed by atoms with Gasteiger partial charge in [-0.15, -0.1) is 11.3 Å². The molecule has 0 aliphatic heterocycles. The summed E-state index contributed by atoms with van der Waals surface area (Å²) in [5.41, 5.74) is -1.38. The Morgan fingerprint density at radius 2 is 1.57 bits per heavy atom. The Morgan fingerprint density at radius 1 is 1.05 bits per heavy atom. The Balaban J connectivity index is 2.50. The van der Waals surface area contributed by atoms with Gasteiger partial charge in [0.05, 0.1) is 0 Å². The summed E-state index contributed by atoms with van der Waals surface area (Å²) in [6, 6.07) is 1.19. The average Bonchev–Trinajstić information content (AvgIpc) is 2.96. The molecule has 0 aliphatic rings. The number of anilines is 1. The fourth-order valence-corrected chi connectivity index (χ4v) is 2.35. The third kappa shape index (κ3) is 2.68. The first-order chi connectivity index (χ1) is 9.84. The monoisotopic (exact) mass is 323 g/mol. The highest BCUT2D eigenvalue weighted by molar-refractivity contribution is 7.10. The molecular formula is C12H6F5NO2S. The SMILES string of the molecule is O=C(O)C(Nc1c(F)c(F)c(F)c(F)c1F)c1cccs1. The Morgan fingerprint density at radius 3 is 2.00 bits per heavy atom. The predicted octanol–water partition coefficient (Wildman–Crippen LogP) is 3.68. The second-order valence-corrected chi connectivity index (χ2v) is 4.86. The summed E-state index contributed by atoms with van der Waals surface area (Å²) >= 11 is 0.952. The van der Waals surface area contributed by atoms with Crippen LogP contribution < -0.4 is 5.32 Å². The van der Waals surface area contributed by atoms with E-state index < -0.39 is 46.8 Å². The molecule has 0 radical (unpaired) electrons. The molecule has 2 rings (SSSR count). The number of carbonyl (C=O) groups is 1. The quantitative estimate of drug-likeness (QED) is 0.513. The molecule has 0 amide bonds. The minimum atomic E-state index is -2.31. The number of nitrogens with one attached hydrogen (secondary N) is 1. The maximum Gasteiger partial charge on any atom is 0.331 e. The van der Waals surface area contributed by atoms with E-state index in [1.165, 1.54) is 17.5 Å². The molecule has 112 valence electrons. The summed E-state index contributed by atoms with van der Waals surface area (Å²) in [6.07, 6.45) is 0. The van der Waals surface area contributed by atoms with Gasteiger partial charge in [0.25, 0.3) is 0 Å². The first kappa shape index (κ1) is 15.2. The van der Waals surface area contributed by atoms with Crippen molar-refractivity contribution < 1.29 is 31.9 Å². The van der Waals surface area contributed by atoms with Gasteiger partial charge in [-0.2, -0.15) is 0 Å². The van der Waals surface area contributed by atoms with Crippen molar-refractivity contribution in [2.75, 3.05) is 5.32 Å². The highest BCUT2D eigenvalue weighted by Gasteiger charge is 2.30. The van der Waals surface area contributed by atoms with E-state index in [9.17, 15) is 26.7 Å². The number of rotatable bonds is 4. The number of halogens is 5. The lowest BCUT2D eigenvalue weighted by atomic mass is 10.2. The van der Waals surface area contributed by atoms with Crippen molar-refractivity contribution in [2.45, 2.75) is 6.04 Å². The van der Waals surface area contributed by atoms with Crippen molar-refractivity contribution in [3.8, 4) is 0 Å². The molecule has 0 saturated carbocycles. The highest BCUT2D eigenvalue weighted by Crippen LogP contribution is 2.31. The van der Waals surface area contributed by atoms with Crippen molar-refractivity contribution in [1.82, 2.24) is 0 Å². The van der Waals surface area contributed by atoms with Crippen LogP contribution in [0.15, 0.2) is 17.5 Å². The highest BCUT2D eigenvalue weighted by atomic mass is 32.1. The first-order valence-corrected chi connectivity index (χ1v) is 6.26. The molecule has 1 atom stereocenters. The lowest BCUT2D eigenvalue weighted by Gasteiger charge is -2.16. The molecule has 9 heteroatoms. The molecule has 0 saturated heterocycles. The van der Waals surface area contributed by atoms with E-state index in [1.54, 1.807) is 0 Å². The van der Waals surface area contributed by atoms with Gasteiger partial charge in [0.15, 0.2) is 29.3 Å². The van der Waals surface area contributed by atoms with Crippen LogP contribution in [-0.4, -0.2) is 11.1 Å². The van der Waals surface area contributed by atoms with Gasteiger partial charge in [0, 0.05) is 4.88 Å². The molecule has 21 heavy (non-hydrogen) atoms. The van der Waals surface area contributed by atoms with E-state index >= 15 is 0 Å². The van der Waals surface area contributed by atoms with Crippen LogP contribution in [0.25, 0.3) is 0 Å². The Kier molecular flexibility index (Phi) is 4.12. The number of hydrogen-bond donors (Lipinski definition) is 2. The lowest BCUT2D eigenvalue weighted by molar-refractivity contribution is -0.138. The van der Waals surface area contributed by atoms with Crippen molar-refractivity contribution in [3.63, 3.8) is 0 Å². The summed E-state index contributed by atoms with van der Waals surface area (Å²) in [5, 5.41) is 12.4. The van der Waals surface area contributed by atoms with Crippen molar-refractivity contribution in [3.05, 3.63) is 51.5 Å². The standard InChI is InChI=1S/C12H6F5NO2S/c13-5-6(14)8(16)11(9(17)7(5)15)18-10(12(19)20)4-2-1-3-21-4/h1-3,10,18H,(H,19,20). The van der Waals surface area contributed by atoms with E-state index in [2.05, 4.69) is 0 Å². The Labute approximate surface area is 118 Å². The molecule has 0 bridgehead atoms. The predicted molar refractivity (Wildman–Crippen MR) is 64.6 cm³/mol. The van der Waals surface area contributed by atoms with Crippen molar-refractivity contribution in [1.29, 1.82) is 0 Å². The van der Waals surface area contributed by atoms with Gasteiger partial charge in [-0.25, -0.2) is 26.7 Å².